The first-order valence-electron chi connectivity index (χ1n) is 11.5. The number of hydrogen-bond acceptors (Lipinski definition) is 7. The summed E-state index contributed by atoms with van der Waals surface area (Å²) < 4.78 is 46.8. The highest BCUT2D eigenvalue weighted by Crippen LogP contribution is 2.43. The Labute approximate surface area is 220 Å². The minimum atomic E-state index is -4.60. The SMILES string of the molecule is COC(=O)C1=C(C)N(c2cccc(C(F)(F)F)c2)c2n[nH]c(=O)n2C1c1ccc(C#N)cc1CC(C)SC. The van der Waals surface area contributed by atoms with Crippen molar-refractivity contribution in [1.29, 1.82) is 5.26 Å². The lowest BCUT2D eigenvalue weighted by Gasteiger charge is -2.36. The van der Waals surface area contributed by atoms with Gasteiger partial charge in [0.05, 0.1) is 29.9 Å². The summed E-state index contributed by atoms with van der Waals surface area (Å²) in [6.45, 7) is 3.58. The number of thioether (sulfide) groups is 1. The fraction of sp³-hybridized carbons (Fsp3) is 0.308. The number of allylic oxidation sites excluding steroid dienone is 1. The highest BCUT2D eigenvalue weighted by Gasteiger charge is 2.41. The molecule has 2 heterocycles. The van der Waals surface area contributed by atoms with Gasteiger partial charge in [-0.2, -0.15) is 30.2 Å². The number of nitrogens with zero attached hydrogens (tertiary/aromatic N) is 4. The molecule has 2 unspecified atom stereocenters. The van der Waals surface area contributed by atoms with Gasteiger partial charge in [-0.05, 0) is 61.1 Å². The molecule has 198 valence electrons. The van der Waals surface area contributed by atoms with E-state index in [2.05, 4.69) is 16.3 Å². The van der Waals surface area contributed by atoms with Gasteiger partial charge in [-0.1, -0.05) is 19.1 Å². The number of nitriles is 1. The molecule has 12 heteroatoms. The molecule has 2 aromatic carbocycles. The summed E-state index contributed by atoms with van der Waals surface area (Å²) in [7, 11) is 1.19. The lowest BCUT2D eigenvalue weighted by Crippen LogP contribution is -2.38. The number of carbonyl (C=O) groups is 1. The average Bonchev–Trinajstić information content (AvgIpc) is 3.27. The van der Waals surface area contributed by atoms with Gasteiger partial charge in [0, 0.05) is 16.6 Å². The third kappa shape index (κ3) is 4.81. The number of halogens is 3. The van der Waals surface area contributed by atoms with Crippen molar-refractivity contribution >= 4 is 29.4 Å². The van der Waals surface area contributed by atoms with Crippen LogP contribution in [0.1, 0.15) is 42.1 Å². The third-order valence-electron chi connectivity index (χ3n) is 6.46. The number of rotatable bonds is 6. The second-order valence-electron chi connectivity index (χ2n) is 8.75. The quantitative estimate of drug-likeness (QED) is 0.439. The predicted molar refractivity (Wildman–Crippen MR) is 137 cm³/mol. The van der Waals surface area contributed by atoms with E-state index in [-0.39, 0.29) is 28.2 Å². The molecule has 0 spiro atoms. The van der Waals surface area contributed by atoms with Crippen molar-refractivity contribution in [2.45, 2.75) is 37.7 Å². The zero-order valence-electron chi connectivity index (χ0n) is 21.0. The fourth-order valence-electron chi connectivity index (χ4n) is 4.59. The van der Waals surface area contributed by atoms with Crippen LogP contribution >= 0.6 is 11.8 Å². The maximum Gasteiger partial charge on any atom is 0.416 e. The summed E-state index contributed by atoms with van der Waals surface area (Å²) in [5.74, 6) is -0.742. The number of H-pyrrole nitrogens is 1. The lowest BCUT2D eigenvalue weighted by atomic mass is 9.88. The molecule has 8 nitrogen and oxygen atoms in total. The Bertz CT molecular complexity index is 1520. The number of ether oxygens (including phenoxy) is 1. The van der Waals surface area contributed by atoms with E-state index in [1.54, 1.807) is 36.9 Å². The molecule has 1 aliphatic rings. The molecular weight excluding hydrogens is 519 g/mol. The number of benzene rings is 2. The van der Waals surface area contributed by atoms with E-state index in [1.165, 1.54) is 28.7 Å². The van der Waals surface area contributed by atoms with Crippen LogP contribution in [0.5, 0.6) is 0 Å². The van der Waals surface area contributed by atoms with E-state index >= 15 is 0 Å². The van der Waals surface area contributed by atoms with Gasteiger partial charge in [-0.3, -0.25) is 4.90 Å². The Morgan fingerprint density at radius 2 is 2.03 bits per heavy atom. The first-order valence-corrected chi connectivity index (χ1v) is 12.8. The van der Waals surface area contributed by atoms with E-state index in [4.69, 9.17) is 4.74 Å². The number of nitrogens with one attached hydrogen (secondary N) is 1. The number of methoxy groups -OCH3 is 1. The first-order chi connectivity index (χ1) is 18.0. The van der Waals surface area contributed by atoms with Crippen LogP contribution in [0.2, 0.25) is 0 Å². The highest BCUT2D eigenvalue weighted by molar-refractivity contribution is 7.99. The monoisotopic (exact) mass is 543 g/mol. The summed E-state index contributed by atoms with van der Waals surface area (Å²) in [5, 5.41) is 16.1. The zero-order chi connectivity index (χ0) is 27.8. The average molecular weight is 544 g/mol. The van der Waals surface area contributed by atoms with Crippen molar-refractivity contribution in [2.24, 2.45) is 0 Å². The second-order valence-corrected chi connectivity index (χ2v) is 10.0. The maximum atomic E-state index is 13.5. The predicted octanol–water partition coefficient (Wildman–Crippen LogP) is 4.94. The van der Waals surface area contributed by atoms with Gasteiger partial charge in [0.2, 0.25) is 5.95 Å². The number of fused-ring (bicyclic) bond motifs is 1. The molecule has 4 rings (SSSR count). The fourth-order valence-corrected chi connectivity index (χ4v) is 4.94. The topological polar surface area (TPSA) is 104 Å². The van der Waals surface area contributed by atoms with Crippen molar-refractivity contribution in [3.63, 3.8) is 0 Å². The van der Waals surface area contributed by atoms with Crippen LogP contribution in [-0.2, 0) is 22.1 Å². The molecule has 1 N–H and O–H groups in total. The van der Waals surface area contributed by atoms with E-state index in [1.807, 2.05) is 13.2 Å². The van der Waals surface area contributed by atoms with Crippen molar-refractivity contribution < 1.29 is 22.7 Å². The Morgan fingerprint density at radius 3 is 2.66 bits per heavy atom. The summed E-state index contributed by atoms with van der Waals surface area (Å²) in [6, 6.07) is 10.7. The Balaban J connectivity index is 2.02. The second kappa shape index (κ2) is 10.4. The molecule has 2 atom stereocenters. The van der Waals surface area contributed by atoms with Crippen LogP contribution in [-0.4, -0.2) is 39.3 Å². The summed E-state index contributed by atoms with van der Waals surface area (Å²) in [5.41, 5.74) is 0.560. The number of aromatic nitrogens is 3. The van der Waals surface area contributed by atoms with Crippen molar-refractivity contribution in [1.82, 2.24) is 14.8 Å². The molecular formula is C26H24F3N5O3S. The standard InChI is InChI=1S/C26H24F3N5O3S/c1-14(38-4)10-17-11-16(13-30)8-9-20(17)22-21(23(35)37-3)15(2)33(24-31-32-25(36)34(22)24)19-7-5-6-18(12-19)26(27,28)29/h5-9,11-12,14,22H,10H2,1-4H3,(H,32,36). The van der Waals surface area contributed by atoms with Crippen LogP contribution in [0.3, 0.4) is 0 Å². The van der Waals surface area contributed by atoms with Crippen LogP contribution in [0.4, 0.5) is 24.8 Å². The minimum absolute atomic E-state index is 0.0118. The Morgan fingerprint density at radius 1 is 1.29 bits per heavy atom. The molecule has 0 radical (unpaired) electrons. The largest absolute Gasteiger partial charge is 0.466 e. The van der Waals surface area contributed by atoms with Gasteiger partial charge >= 0.3 is 17.8 Å². The molecule has 38 heavy (non-hydrogen) atoms. The van der Waals surface area contributed by atoms with Gasteiger partial charge in [-0.15, -0.1) is 5.10 Å². The number of hydrogen-bond donors (Lipinski definition) is 1. The number of aromatic amines is 1. The number of carbonyl (C=O) groups excluding carboxylic acids is 1. The van der Waals surface area contributed by atoms with E-state index in [0.717, 1.165) is 17.7 Å². The summed E-state index contributed by atoms with van der Waals surface area (Å²) in [6.07, 6.45) is -2.11. The zero-order valence-corrected chi connectivity index (χ0v) is 21.8. The van der Waals surface area contributed by atoms with Gasteiger partial charge in [0.25, 0.3) is 0 Å². The third-order valence-corrected chi connectivity index (χ3v) is 7.43. The smallest absolute Gasteiger partial charge is 0.416 e. The molecule has 3 aromatic rings. The summed E-state index contributed by atoms with van der Waals surface area (Å²) >= 11 is 1.62. The minimum Gasteiger partial charge on any atom is -0.466 e. The molecule has 0 saturated carbocycles. The van der Waals surface area contributed by atoms with Gasteiger partial charge in [-0.25, -0.2) is 19.3 Å². The van der Waals surface area contributed by atoms with Gasteiger partial charge < -0.3 is 4.74 Å². The lowest BCUT2D eigenvalue weighted by molar-refractivity contribution is -0.138. The van der Waals surface area contributed by atoms with Crippen LogP contribution in [0.15, 0.2) is 58.5 Å². The van der Waals surface area contributed by atoms with E-state index < -0.39 is 29.4 Å². The van der Waals surface area contributed by atoms with Crippen molar-refractivity contribution in [3.05, 3.63) is 86.5 Å². The molecule has 0 aliphatic carbocycles. The normalized spacial score (nSPS) is 16.2. The van der Waals surface area contributed by atoms with Crippen LogP contribution < -0.4 is 10.6 Å². The number of esters is 1. The molecule has 1 aromatic heterocycles. The highest BCUT2D eigenvalue weighted by atomic mass is 32.2. The maximum absolute atomic E-state index is 13.5. The number of alkyl halides is 3. The first kappa shape index (κ1) is 27.1. The Hall–Kier alpha value is -3.98. The summed E-state index contributed by atoms with van der Waals surface area (Å²) in [4.78, 5) is 27.7. The molecule has 0 saturated heterocycles. The van der Waals surface area contributed by atoms with Gasteiger partial charge in [0.15, 0.2) is 0 Å². The molecule has 0 fully saturated rings. The molecule has 0 amide bonds. The van der Waals surface area contributed by atoms with E-state index in [9.17, 15) is 28.0 Å². The van der Waals surface area contributed by atoms with Crippen molar-refractivity contribution in [2.75, 3.05) is 18.3 Å². The molecule has 1 aliphatic heterocycles. The van der Waals surface area contributed by atoms with Crippen LogP contribution in [0, 0.1) is 11.3 Å². The van der Waals surface area contributed by atoms with E-state index in [0.29, 0.717) is 17.5 Å². The van der Waals surface area contributed by atoms with Gasteiger partial charge in [0.1, 0.15) is 6.04 Å². The number of anilines is 2. The molecule has 0 bridgehead atoms. The van der Waals surface area contributed by atoms with Crippen LogP contribution in [0.25, 0.3) is 0 Å². The Kier molecular flexibility index (Phi) is 7.42. The van der Waals surface area contributed by atoms with Crippen molar-refractivity contribution in [3.8, 4) is 6.07 Å².